The molecule has 8 nitrogen and oxygen atoms in total. The molecule has 0 spiro atoms. The molecule has 1 aliphatic heterocycles. The Bertz CT molecular complexity index is 1330. The highest BCUT2D eigenvalue weighted by Gasteiger charge is 2.43. The lowest BCUT2D eigenvalue weighted by atomic mass is 9.65. The van der Waals surface area contributed by atoms with Gasteiger partial charge in [-0.1, -0.05) is 87.5 Å². The van der Waals surface area contributed by atoms with Gasteiger partial charge in [-0.3, -0.25) is 19.3 Å². The maximum atomic E-state index is 14.1. The van der Waals surface area contributed by atoms with Crippen LogP contribution in [0, 0.1) is 11.3 Å². The van der Waals surface area contributed by atoms with Gasteiger partial charge in [-0.05, 0) is 66.1 Å². The maximum absolute atomic E-state index is 14.1. The summed E-state index contributed by atoms with van der Waals surface area (Å²) >= 11 is 6.13. The zero-order valence-electron chi connectivity index (χ0n) is 26.3. The van der Waals surface area contributed by atoms with Gasteiger partial charge in [0.2, 0.25) is 11.8 Å². The van der Waals surface area contributed by atoms with Gasteiger partial charge in [0.15, 0.2) is 0 Å². The molecule has 0 radical (unpaired) electrons. The number of aromatic nitrogens is 3. The summed E-state index contributed by atoms with van der Waals surface area (Å²) in [4.78, 5) is 37.6. The van der Waals surface area contributed by atoms with Gasteiger partial charge in [0.05, 0.1) is 6.54 Å². The van der Waals surface area contributed by atoms with Crippen LogP contribution in [0.25, 0.3) is 0 Å². The lowest BCUT2D eigenvalue weighted by Crippen LogP contribution is -2.54. The molecule has 2 aromatic carbocycles. The van der Waals surface area contributed by atoms with E-state index >= 15 is 0 Å². The monoisotopic (exact) mass is 618 g/mol. The van der Waals surface area contributed by atoms with Gasteiger partial charge in [0.1, 0.15) is 18.7 Å². The van der Waals surface area contributed by atoms with Crippen LogP contribution in [0.4, 0.5) is 0 Å². The third-order valence-electron chi connectivity index (χ3n) is 9.16. The van der Waals surface area contributed by atoms with Crippen LogP contribution in [0.5, 0.6) is 0 Å². The molecule has 1 N–H and O–H groups in total. The lowest BCUT2D eigenvalue weighted by molar-refractivity contribution is -0.139. The zero-order valence-corrected chi connectivity index (χ0v) is 27.0. The van der Waals surface area contributed by atoms with Crippen molar-refractivity contribution in [3.63, 3.8) is 0 Å². The number of amides is 2. The van der Waals surface area contributed by atoms with Crippen molar-refractivity contribution in [2.75, 3.05) is 13.1 Å². The number of carbonyl (C=O) groups is 2. The van der Waals surface area contributed by atoms with E-state index in [4.69, 9.17) is 11.6 Å². The minimum Gasteiger partial charge on any atom is -0.344 e. The topological polar surface area (TPSA) is 92.5 Å². The normalized spacial score (nSPS) is 15.2. The van der Waals surface area contributed by atoms with E-state index in [1.165, 1.54) is 0 Å². The molecular formula is C35H47ClN6O2. The first-order chi connectivity index (χ1) is 21.4. The van der Waals surface area contributed by atoms with Gasteiger partial charge in [0, 0.05) is 37.5 Å². The summed E-state index contributed by atoms with van der Waals surface area (Å²) in [5.74, 6) is 0.395. The van der Waals surface area contributed by atoms with Crippen LogP contribution in [-0.2, 0) is 35.5 Å². The highest BCUT2D eigenvalue weighted by atomic mass is 35.5. The number of halogens is 1. The first kappa shape index (κ1) is 33.4. The van der Waals surface area contributed by atoms with Crippen LogP contribution in [-0.4, -0.2) is 57.3 Å². The Morgan fingerprint density at radius 1 is 1.05 bits per heavy atom. The molecule has 2 heterocycles. The third-order valence-corrected chi connectivity index (χ3v) is 9.41. The van der Waals surface area contributed by atoms with Crippen molar-refractivity contribution in [2.45, 2.75) is 90.8 Å². The van der Waals surface area contributed by atoms with Crippen molar-refractivity contribution >= 4 is 30.1 Å². The molecule has 236 valence electrons. The highest BCUT2D eigenvalue weighted by Crippen LogP contribution is 2.45. The maximum Gasteiger partial charge on any atom is 0.245 e. The fourth-order valence-corrected chi connectivity index (χ4v) is 6.95. The summed E-state index contributed by atoms with van der Waals surface area (Å²) in [6, 6.07) is 14.8. The molecule has 0 aliphatic carbocycles. The molecule has 4 rings (SSSR count). The van der Waals surface area contributed by atoms with Crippen molar-refractivity contribution in [3.8, 4) is 0 Å². The Morgan fingerprint density at radius 3 is 2.34 bits per heavy atom. The first-order valence-corrected chi connectivity index (χ1v) is 16.4. The molecule has 0 bridgehead atoms. The van der Waals surface area contributed by atoms with Gasteiger partial charge >= 0.3 is 0 Å². The van der Waals surface area contributed by atoms with Gasteiger partial charge in [-0.2, -0.15) is 5.10 Å². The second kappa shape index (κ2) is 16.5. The molecule has 3 aromatic rings. The van der Waals surface area contributed by atoms with Crippen LogP contribution in [0.1, 0.15) is 75.5 Å². The molecule has 1 unspecified atom stereocenters. The second-order valence-electron chi connectivity index (χ2n) is 12.2. The predicted octanol–water partition coefficient (Wildman–Crippen LogP) is 6.32. The average Bonchev–Trinajstić information content (AvgIpc) is 3.54. The fourth-order valence-electron chi connectivity index (χ4n) is 6.83. The fraction of sp³-hybridized carbons (Fsp3) is 0.514. The molecule has 1 aromatic heterocycles. The van der Waals surface area contributed by atoms with E-state index in [0.29, 0.717) is 43.4 Å². The van der Waals surface area contributed by atoms with Crippen molar-refractivity contribution in [1.29, 1.82) is 0 Å². The summed E-state index contributed by atoms with van der Waals surface area (Å²) in [7, 11) is 0. The standard InChI is InChI=1S/C35H47ClN6O2/c1-4-8-30(9-5-2)35(24-42-26-38-25-39-42)18-20-41(21-19-35)34(44)32(22-27-12-15-31(36)16-13-27)40-33(43)17-14-28-10-6-7-11-29(28)23-37-3/h6-7,10-13,15-16,25-26,30,32H,3-5,8-9,14,17-24H2,1-2H3,(H,40,43). The smallest absolute Gasteiger partial charge is 0.245 e. The number of benzene rings is 2. The van der Waals surface area contributed by atoms with E-state index in [0.717, 1.165) is 61.8 Å². The lowest BCUT2D eigenvalue weighted by Gasteiger charge is -2.47. The highest BCUT2D eigenvalue weighted by molar-refractivity contribution is 6.30. The Labute approximate surface area is 267 Å². The third kappa shape index (κ3) is 9.00. The molecule has 1 fully saturated rings. The molecule has 0 saturated carbocycles. The average molecular weight is 619 g/mol. The minimum atomic E-state index is -0.654. The van der Waals surface area contributed by atoms with Gasteiger partial charge in [0.25, 0.3) is 0 Å². The van der Waals surface area contributed by atoms with E-state index < -0.39 is 6.04 Å². The Kier molecular flexibility index (Phi) is 12.5. The largest absolute Gasteiger partial charge is 0.344 e. The summed E-state index contributed by atoms with van der Waals surface area (Å²) in [5, 5.41) is 8.18. The van der Waals surface area contributed by atoms with Crippen LogP contribution >= 0.6 is 11.6 Å². The molecule has 1 aliphatic rings. The van der Waals surface area contributed by atoms with E-state index in [1.807, 2.05) is 58.1 Å². The van der Waals surface area contributed by atoms with Crippen LogP contribution in [0.3, 0.4) is 0 Å². The second-order valence-corrected chi connectivity index (χ2v) is 12.6. The van der Waals surface area contributed by atoms with Crippen LogP contribution in [0.2, 0.25) is 5.02 Å². The first-order valence-electron chi connectivity index (χ1n) is 16.0. The molecular weight excluding hydrogens is 572 g/mol. The van der Waals surface area contributed by atoms with Gasteiger partial charge in [-0.15, -0.1) is 0 Å². The Morgan fingerprint density at radius 2 is 1.73 bits per heavy atom. The van der Waals surface area contributed by atoms with Crippen molar-refractivity contribution in [1.82, 2.24) is 25.0 Å². The number of carbonyl (C=O) groups excluding carboxylic acids is 2. The quantitative estimate of drug-likeness (QED) is 0.190. The van der Waals surface area contributed by atoms with Gasteiger partial charge in [-0.25, -0.2) is 4.98 Å². The number of aryl methyl sites for hydroxylation is 1. The number of hydrogen-bond acceptors (Lipinski definition) is 5. The molecule has 9 heteroatoms. The number of aliphatic imine (C=N–C) groups is 1. The molecule has 44 heavy (non-hydrogen) atoms. The summed E-state index contributed by atoms with van der Waals surface area (Å²) in [5.41, 5.74) is 3.15. The molecule has 2 amide bonds. The number of hydrogen-bond donors (Lipinski definition) is 1. The summed E-state index contributed by atoms with van der Waals surface area (Å²) in [6.07, 6.45) is 11.1. The molecule has 1 atom stereocenters. The van der Waals surface area contributed by atoms with E-state index in [1.54, 1.807) is 12.7 Å². The predicted molar refractivity (Wildman–Crippen MR) is 177 cm³/mol. The zero-order chi connectivity index (χ0) is 31.4. The summed E-state index contributed by atoms with van der Waals surface area (Å²) < 4.78 is 1.96. The van der Waals surface area contributed by atoms with Crippen molar-refractivity contribution < 1.29 is 9.59 Å². The minimum absolute atomic E-state index is 0.0264. The van der Waals surface area contributed by atoms with Crippen LogP contribution < -0.4 is 5.32 Å². The van der Waals surface area contributed by atoms with E-state index in [2.05, 4.69) is 41.0 Å². The Balaban J connectivity index is 1.48. The number of rotatable bonds is 16. The van der Waals surface area contributed by atoms with Crippen molar-refractivity contribution in [2.24, 2.45) is 16.3 Å². The van der Waals surface area contributed by atoms with Crippen LogP contribution in [0.15, 0.2) is 66.2 Å². The number of likely N-dealkylation sites (tertiary alicyclic amines) is 1. The number of nitrogens with zero attached hydrogens (tertiary/aromatic N) is 5. The van der Waals surface area contributed by atoms with Gasteiger partial charge < -0.3 is 10.2 Å². The number of piperidine rings is 1. The van der Waals surface area contributed by atoms with E-state index in [9.17, 15) is 9.59 Å². The van der Waals surface area contributed by atoms with E-state index in [-0.39, 0.29) is 23.7 Å². The number of nitrogens with one attached hydrogen (secondary N) is 1. The summed E-state index contributed by atoms with van der Waals surface area (Å²) in [6.45, 7) is 10.8. The van der Waals surface area contributed by atoms with Crippen molar-refractivity contribution in [3.05, 3.63) is 82.9 Å². The Hall–Kier alpha value is -3.52. The SMILES string of the molecule is C=NCc1ccccc1CCC(=O)NC(Cc1ccc(Cl)cc1)C(=O)N1CCC(Cn2cncn2)(C(CCC)CCC)CC1. The molecule has 1 saturated heterocycles.